The van der Waals surface area contributed by atoms with Gasteiger partial charge in [0.15, 0.2) is 6.11 Å². The summed E-state index contributed by atoms with van der Waals surface area (Å²) in [6, 6.07) is 0. The van der Waals surface area contributed by atoms with Gasteiger partial charge in [-0.15, -0.1) is 0 Å². The van der Waals surface area contributed by atoms with Gasteiger partial charge in [0.05, 0.1) is 6.61 Å². The van der Waals surface area contributed by atoms with Gasteiger partial charge in [-0.25, -0.2) is 0 Å². The van der Waals surface area contributed by atoms with Crippen LogP contribution in [0.15, 0.2) is 0 Å². The van der Waals surface area contributed by atoms with E-state index in [4.69, 9.17) is 4.89 Å². The van der Waals surface area contributed by atoms with Crippen LogP contribution in [0.1, 0.15) is 44.9 Å². The first-order valence-electron chi connectivity index (χ1n) is 4.76. The summed E-state index contributed by atoms with van der Waals surface area (Å²) in [7, 11) is 0. The van der Waals surface area contributed by atoms with Gasteiger partial charge in [0, 0.05) is 6.42 Å². The van der Waals surface area contributed by atoms with Crippen LogP contribution in [0.2, 0.25) is 0 Å². The fraction of sp³-hybridized carbons (Fsp3) is 0.800. The van der Waals surface area contributed by atoms with E-state index in [0.717, 1.165) is 12.8 Å². The molecule has 0 saturated carbocycles. The smallest absolute Gasteiger partial charge is 0.157 e. The van der Waals surface area contributed by atoms with Crippen LogP contribution in [-0.4, -0.2) is 6.61 Å². The molecule has 0 amide bonds. The van der Waals surface area contributed by atoms with Crippen LogP contribution in [0.5, 0.6) is 0 Å². The van der Waals surface area contributed by atoms with Crippen molar-refractivity contribution in [1.82, 2.24) is 0 Å². The van der Waals surface area contributed by atoms with Crippen molar-refractivity contribution in [3.8, 4) is 12.0 Å². The molecule has 0 bridgehead atoms. The van der Waals surface area contributed by atoms with Crippen molar-refractivity contribution in [3.63, 3.8) is 0 Å². The van der Waals surface area contributed by atoms with Gasteiger partial charge in [0.2, 0.25) is 0 Å². The van der Waals surface area contributed by atoms with E-state index in [1.165, 1.54) is 32.1 Å². The molecular weight excluding hydrogens is 152 g/mol. The fourth-order valence-corrected chi connectivity index (χ4v) is 1.23. The van der Waals surface area contributed by atoms with Crippen molar-refractivity contribution >= 4 is 0 Å². The summed E-state index contributed by atoms with van der Waals surface area (Å²) in [5.41, 5.74) is 0. The highest BCUT2D eigenvalue weighted by atomic mass is 17.2. The summed E-state index contributed by atoms with van der Waals surface area (Å²) in [6.07, 6.45) is 10.9. The molecule has 0 spiro atoms. The van der Waals surface area contributed by atoms with E-state index in [9.17, 15) is 0 Å². The molecule has 0 aromatic heterocycles. The Morgan fingerprint density at radius 1 is 0.833 bits per heavy atom. The molecular formula is C10H16O2. The SMILES string of the molecule is C1#COOCCCCCCCC1. The lowest BCUT2D eigenvalue weighted by atomic mass is 10.1. The van der Waals surface area contributed by atoms with Crippen LogP contribution in [0.3, 0.4) is 0 Å². The Morgan fingerprint density at radius 2 is 1.58 bits per heavy atom. The predicted octanol–water partition coefficient (Wildman–Crippen LogP) is 2.64. The molecule has 0 fully saturated rings. The molecule has 2 heteroatoms. The van der Waals surface area contributed by atoms with Crippen LogP contribution in [0.25, 0.3) is 0 Å². The van der Waals surface area contributed by atoms with Gasteiger partial charge in [0.1, 0.15) is 0 Å². The van der Waals surface area contributed by atoms with E-state index < -0.39 is 0 Å². The largest absolute Gasteiger partial charge is 0.283 e. The zero-order chi connectivity index (χ0) is 8.49. The number of hydrogen-bond donors (Lipinski definition) is 0. The second-order valence-corrected chi connectivity index (χ2v) is 3.06. The van der Waals surface area contributed by atoms with Gasteiger partial charge < -0.3 is 0 Å². The first kappa shape index (κ1) is 9.41. The van der Waals surface area contributed by atoms with Crippen LogP contribution in [-0.2, 0) is 9.78 Å². The maximum atomic E-state index is 4.83. The van der Waals surface area contributed by atoms with E-state index >= 15 is 0 Å². The standard InChI is InChI=1S/C10H16O2/c1-2-4-6-8-10-12-11-9-7-5-3-1/h1-7,9H2. The minimum absolute atomic E-state index is 0.675. The lowest BCUT2D eigenvalue weighted by molar-refractivity contribution is -0.237. The average Bonchev–Trinajstić information content (AvgIpc) is 2.05. The Hall–Kier alpha value is -0.680. The van der Waals surface area contributed by atoms with Crippen LogP contribution in [0, 0.1) is 12.0 Å². The van der Waals surface area contributed by atoms with E-state index in [1.807, 2.05) is 0 Å². The van der Waals surface area contributed by atoms with Crippen molar-refractivity contribution < 1.29 is 9.78 Å². The minimum atomic E-state index is 0.675. The van der Waals surface area contributed by atoms with Gasteiger partial charge in [0.25, 0.3) is 0 Å². The van der Waals surface area contributed by atoms with Gasteiger partial charge in [-0.3, -0.25) is 4.89 Å². The van der Waals surface area contributed by atoms with Crippen molar-refractivity contribution in [2.45, 2.75) is 44.9 Å². The summed E-state index contributed by atoms with van der Waals surface area (Å²) in [6.45, 7) is 0.675. The summed E-state index contributed by atoms with van der Waals surface area (Å²) in [4.78, 5) is 9.48. The molecule has 1 rings (SSSR count). The molecule has 0 unspecified atom stereocenters. The maximum Gasteiger partial charge on any atom is 0.157 e. The highest BCUT2D eigenvalue weighted by molar-refractivity contribution is 4.90. The zero-order valence-electron chi connectivity index (χ0n) is 7.47. The Kier molecular flexibility index (Phi) is 5.48. The Labute approximate surface area is 74.2 Å². The first-order chi connectivity index (χ1) is 6.00. The topological polar surface area (TPSA) is 18.5 Å². The third-order valence-corrected chi connectivity index (χ3v) is 1.95. The van der Waals surface area contributed by atoms with Crippen molar-refractivity contribution in [3.05, 3.63) is 0 Å². The monoisotopic (exact) mass is 168 g/mol. The van der Waals surface area contributed by atoms with Crippen molar-refractivity contribution in [1.29, 1.82) is 0 Å². The second-order valence-electron chi connectivity index (χ2n) is 3.06. The summed E-state index contributed by atoms with van der Waals surface area (Å²) in [5.74, 6) is 2.91. The first-order valence-corrected chi connectivity index (χ1v) is 4.76. The third kappa shape index (κ3) is 5.03. The summed E-state index contributed by atoms with van der Waals surface area (Å²) in [5, 5.41) is 0. The van der Waals surface area contributed by atoms with Crippen LogP contribution in [0.4, 0.5) is 0 Å². The summed E-state index contributed by atoms with van der Waals surface area (Å²) >= 11 is 0. The van der Waals surface area contributed by atoms with Crippen molar-refractivity contribution in [2.75, 3.05) is 6.61 Å². The van der Waals surface area contributed by atoms with Crippen LogP contribution < -0.4 is 0 Å². The van der Waals surface area contributed by atoms with E-state index in [0.29, 0.717) is 6.61 Å². The normalized spacial score (nSPS) is 20.7. The van der Waals surface area contributed by atoms with Crippen LogP contribution >= 0.6 is 0 Å². The van der Waals surface area contributed by atoms with E-state index in [2.05, 4.69) is 16.9 Å². The molecule has 0 saturated heterocycles. The molecule has 1 aliphatic heterocycles. The van der Waals surface area contributed by atoms with E-state index in [-0.39, 0.29) is 0 Å². The Balaban J connectivity index is 2.14. The lowest BCUT2D eigenvalue weighted by Crippen LogP contribution is -1.93. The number of rotatable bonds is 0. The highest BCUT2D eigenvalue weighted by Gasteiger charge is 1.93. The minimum Gasteiger partial charge on any atom is -0.283 e. The Bertz CT molecular complexity index is 139. The molecule has 2 nitrogen and oxygen atoms in total. The van der Waals surface area contributed by atoms with Crippen molar-refractivity contribution in [2.24, 2.45) is 0 Å². The average molecular weight is 168 g/mol. The maximum absolute atomic E-state index is 4.83. The molecule has 1 aliphatic rings. The highest BCUT2D eigenvalue weighted by Crippen LogP contribution is 2.07. The van der Waals surface area contributed by atoms with E-state index in [1.54, 1.807) is 0 Å². The Morgan fingerprint density at radius 3 is 2.50 bits per heavy atom. The molecule has 68 valence electrons. The number of hydrogen-bond acceptors (Lipinski definition) is 2. The second kappa shape index (κ2) is 7.00. The molecule has 0 aliphatic carbocycles. The molecule has 0 radical (unpaired) electrons. The molecule has 12 heavy (non-hydrogen) atoms. The van der Waals surface area contributed by atoms with Gasteiger partial charge in [-0.05, 0) is 12.8 Å². The molecule has 0 aromatic rings. The third-order valence-electron chi connectivity index (χ3n) is 1.95. The summed E-state index contributed by atoms with van der Waals surface area (Å²) < 4.78 is 0. The zero-order valence-corrected chi connectivity index (χ0v) is 7.47. The van der Waals surface area contributed by atoms with Gasteiger partial charge >= 0.3 is 0 Å². The predicted molar refractivity (Wildman–Crippen MR) is 47.1 cm³/mol. The van der Waals surface area contributed by atoms with Gasteiger partial charge in [-0.1, -0.05) is 31.6 Å². The molecule has 0 atom stereocenters. The quantitative estimate of drug-likeness (QED) is 0.409. The fourth-order valence-electron chi connectivity index (χ4n) is 1.23. The lowest BCUT2D eigenvalue weighted by Gasteiger charge is -2.01. The molecule has 1 heterocycles. The van der Waals surface area contributed by atoms with Gasteiger partial charge in [-0.2, -0.15) is 4.89 Å². The molecule has 0 N–H and O–H groups in total. The molecule has 0 aromatic carbocycles.